The second-order valence-corrected chi connectivity index (χ2v) is 7.54. The Hall–Kier alpha value is -3.48. The molecule has 3 rings (SSSR count). The minimum absolute atomic E-state index is 0.0687. The first-order chi connectivity index (χ1) is 15.6. The Labute approximate surface area is 189 Å². The van der Waals surface area contributed by atoms with Gasteiger partial charge in [0.1, 0.15) is 11.8 Å². The second kappa shape index (κ2) is 11.2. The number of methoxy groups -OCH3 is 2. The number of Topliss-reactive ketones (excluding diaryl/α,β-unsaturated/α-hetero) is 1. The Bertz CT molecular complexity index is 972. The summed E-state index contributed by atoms with van der Waals surface area (Å²) in [6.07, 6.45) is 5.06. The lowest BCUT2D eigenvalue weighted by Gasteiger charge is -2.28. The van der Waals surface area contributed by atoms with Crippen molar-refractivity contribution in [3.8, 4) is 11.5 Å². The number of rotatable bonds is 11. The number of para-hydroxylation sites is 1. The SMILES string of the molecule is CCCCCOC1=CC(C(=O)Cc2ccc(OC)c(OC)c2)C(N)=NN1c1ccccc1. The number of nitrogens with two attached hydrogens (primary N) is 1. The molecule has 0 spiro atoms. The summed E-state index contributed by atoms with van der Waals surface area (Å²) in [5, 5.41) is 6.16. The van der Waals surface area contributed by atoms with Crippen LogP contribution in [-0.2, 0) is 16.0 Å². The van der Waals surface area contributed by atoms with Crippen molar-refractivity contribution in [1.82, 2.24) is 0 Å². The van der Waals surface area contributed by atoms with Gasteiger partial charge in [0.25, 0.3) is 0 Å². The number of carbonyl (C=O) groups is 1. The average molecular weight is 438 g/mol. The van der Waals surface area contributed by atoms with E-state index in [4.69, 9.17) is 19.9 Å². The zero-order chi connectivity index (χ0) is 22.9. The maximum atomic E-state index is 13.1. The molecule has 1 atom stereocenters. The van der Waals surface area contributed by atoms with Crippen LogP contribution in [-0.4, -0.2) is 32.4 Å². The van der Waals surface area contributed by atoms with Gasteiger partial charge in [0.2, 0.25) is 5.88 Å². The Morgan fingerprint density at radius 2 is 1.81 bits per heavy atom. The molecule has 2 N–H and O–H groups in total. The van der Waals surface area contributed by atoms with Gasteiger partial charge in [-0.25, -0.2) is 0 Å². The van der Waals surface area contributed by atoms with Gasteiger partial charge in [0.15, 0.2) is 17.3 Å². The minimum Gasteiger partial charge on any atom is -0.493 e. The summed E-state index contributed by atoms with van der Waals surface area (Å²) >= 11 is 0. The van der Waals surface area contributed by atoms with Gasteiger partial charge in [-0.3, -0.25) is 4.79 Å². The van der Waals surface area contributed by atoms with Crippen LogP contribution in [0.3, 0.4) is 0 Å². The number of unbranched alkanes of at least 4 members (excludes halogenated alkanes) is 2. The van der Waals surface area contributed by atoms with Gasteiger partial charge < -0.3 is 19.9 Å². The smallest absolute Gasteiger partial charge is 0.212 e. The van der Waals surface area contributed by atoms with E-state index in [2.05, 4.69) is 12.0 Å². The van der Waals surface area contributed by atoms with Crippen molar-refractivity contribution in [3.05, 3.63) is 66.1 Å². The van der Waals surface area contributed by atoms with Gasteiger partial charge in [0, 0.05) is 6.42 Å². The van der Waals surface area contributed by atoms with Crippen LogP contribution in [0.5, 0.6) is 11.5 Å². The fraction of sp³-hybridized carbons (Fsp3) is 0.360. The Morgan fingerprint density at radius 3 is 2.50 bits per heavy atom. The van der Waals surface area contributed by atoms with Crippen LogP contribution < -0.4 is 20.2 Å². The van der Waals surface area contributed by atoms with Gasteiger partial charge in [-0.2, -0.15) is 10.1 Å². The summed E-state index contributed by atoms with van der Waals surface area (Å²) < 4.78 is 16.7. The lowest BCUT2D eigenvalue weighted by atomic mass is 9.95. The molecule has 1 unspecified atom stereocenters. The van der Waals surface area contributed by atoms with Crippen molar-refractivity contribution in [2.24, 2.45) is 16.8 Å². The number of ether oxygens (including phenoxy) is 3. The monoisotopic (exact) mass is 437 g/mol. The Kier molecular flexibility index (Phi) is 8.14. The molecule has 0 aliphatic carbocycles. The van der Waals surface area contributed by atoms with E-state index >= 15 is 0 Å². The van der Waals surface area contributed by atoms with Crippen LogP contribution in [0, 0.1) is 5.92 Å². The second-order valence-electron chi connectivity index (χ2n) is 7.54. The number of amidine groups is 1. The fourth-order valence-corrected chi connectivity index (χ4v) is 3.48. The lowest BCUT2D eigenvalue weighted by molar-refractivity contribution is -0.119. The standard InChI is InChI=1S/C25H31N3O4/c1-4-5-9-14-32-24-17-20(25(26)27-28(24)19-10-7-6-8-11-19)21(29)15-18-12-13-22(30-2)23(16-18)31-3/h6-8,10-13,16-17,20H,4-5,9,14-15H2,1-3H3,(H2,26,27). The topological polar surface area (TPSA) is 86.4 Å². The Balaban J connectivity index is 1.81. The Morgan fingerprint density at radius 1 is 1.06 bits per heavy atom. The molecule has 2 aromatic carbocycles. The first-order valence-electron chi connectivity index (χ1n) is 10.8. The van der Waals surface area contributed by atoms with Crippen molar-refractivity contribution >= 4 is 17.3 Å². The van der Waals surface area contributed by atoms with E-state index < -0.39 is 5.92 Å². The van der Waals surface area contributed by atoms with E-state index in [0.29, 0.717) is 24.0 Å². The number of hydrazone groups is 1. The normalized spacial score (nSPS) is 15.6. The van der Waals surface area contributed by atoms with E-state index in [-0.39, 0.29) is 18.0 Å². The zero-order valence-corrected chi connectivity index (χ0v) is 18.9. The van der Waals surface area contributed by atoms with Crippen LogP contribution in [0.4, 0.5) is 5.69 Å². The summed E-state index contributed by atoms with van der Waals surface area (Å²) in [5.41, 5.74) is 7.88. The highest BCUT2D eigenvalue weighted by molar-refractivity contribution is 6.06. The zero-order valence-electron chi connectivity index (χ0n) is 18.9. The van der Waals surface area contributed by atoms with Crippen LogP contribution in [0.25, 0.3) is 0 Å². The van der Waals surface area contributed by atoms with E-state index in [1.54, 1.807) is 37.4 Å². The lowest BCUT2D eigenvalue weighted by Crippen LogP contribution is -2.38. The van der Waals surface area contributed by atoms with Crippen LogP contribution in [0.15, 0.2) is 65.6 Å². The molecule has 0 fully saturated rings. The molecular formula is C25H31N3O4. The minimum atomic E-state index is -0.663. The molecule has 0 saturated carbocycles. The van der Waals surface area contributed by atoms with Crippen molar-refractivity contribution < 1.29 is 19.0 Å². The van der Waals surface area contributed by atoms with Crippen molar-refractivity contribution in [1.29, 1.82) is 0 Å². The van der Waals surface area contributed by atoms with Crippen LogP contribution in [0.2, 0.25) is 0 Å². The molecular weight excluding hydrogens is 406 g/mol. The van der Waals surface area contributed by atoms with Crippen LogP contribution in [0.1, 0.15) is 31.7 Å². The van der Waals surface area contributed by atoms with Crippen molar-refractivity contribution in [2.45, 2.75) is 32.6 Å². The largest absolute Gasteiger partial charge is 0.493 e. The predicted molar refractivity (Wildman–Crippen MR) is 126 cm³/mol. The first kappa shape index (κ1) is 23.2. The van der Waals surface area contributed by atoms with Gasteiger partial charge in [-0.15, -0.1) is 0 Å². The number of anilines is 1. The third-order valence-electron chi connectivity index (χ3n) is 5.22. The summed E-state index contributed by atoms with van der Waals surface area (Å²) in [6, 6.07) is 15.1. The van der Waals surface area contributed by atoms with Gasteiger partial charge in [0.05, 0.1) is 26.5 Å². The molecule has 0 amide bonds. The summed E-state index contributed by atoms with van der Waals surface area (Å²) in [4.78, 5) is 13.1. The van der Waals surface area contributed by atoms with Crippen LogP contribution >= 0.6 is 0 Å². The van der Waals surface area contributed by atoms with E-state index in [9.17, 15) is 4.79 Å². The van der Waals surface area contributed by atoms with Crippen molar-refractivity contribution in [2.75, 3.05) is 25.8 Å². The molecule has 32 heavy (non-hydrogen) atoms. The molecule has 0 radical (unpaired) electrons. The number of carbonyl (C=O) groups excluding carboxylic acids is 1. The molecule has 170 valence electrons. The molecule has 2 aromatic rings. The number of hydrogen-bond acceptors (Lipinski definition) is 7. The highest BCUT2D eigenvalue weighted by atomic mass is 16.5. The number of benzene rings is 2. The summed E-state index contributed by atoms with van der Waals surface area (Å²) in [7, 11) is 3.14. The molecule has 7 heteroatoms. The molecule has 7 nitrogen and oxygen atoms in total. The third-order valence-corrected chi connectivity index (χ3v) is 5.22. The van der Waals surface area contributed by atoms with Gasteiger partial charge >= 0.3 is 0 Å². The molecule has 1 heterocycles. The highest BCUT2D eigenvalue weighted by Gasteiger charge is 2.29. The van der Waals surface area contributed by atoms with E-state index in [1.807, 2.05) is 36.4 Å². The summed E-state index contributed by atoms with van der Waals surface area (Å²) in [5.74, 6) is 1.22. The fourth-order valence-electron chi connectivity index (χ4n) is 3.48. The summed E-state index contributed by atoms with van der Waals surface area (Å²) in [6.45, 7) is 2.69. The first-order valence-corrected chi connectivity index (χ1v) is 10.8. The van der Waals surface area contributed by atoms with Gasteiger partial charge in [-0.1, -0.05) is 44.0 Å². The average Bonchev–Trinajstić information content (AvgIpc) is 2.82. The number of hydrogen-bond donors (Lipinski definition) is 1. The maximum Gasteiger partial charge on any atom is 0.212 e. The molecule has 0 saturated heterocycles. The number of nitrogens with zero attached hydrogens (tertiary/aromatic N) is 2. The maximum absolute atomic E-state index is 13.1. The van der Waals surface area contributed by atoms with Gasteiger partial charge in [-0.05, 0) is 42.3 Å². The quantitative estimate of drug-likeness (QED) is 0.528. The third kappa shape index (κ3) is 5.60. The highest BCUT2D eigenvalue weighted by Crippen LogP contribution is 2.29. The number of ketones is 1. The molecule has 1 aliphatic heterocycles. The van der Waals surface area contributed by atoms with Crippen molar-refractivity contribution in [3.63, 3.8) is 0 Å². The predicted octanol–water partition coefficient (Wildman–Crippen LogP) is 4.27. The molecule has 0 aromatic heterocycles. The van der Waals surface area contributed by atoms with E-state index in [1.165, 1.54) is 0 Å². The van der Waals surface area contributed by atoms with E-state index in [0.717, 1.165) is 30.5 Å². The molecule has 1 aliphatic rings. The molecule has 0 bridgehead atoms.